The molecule has 1 aromatic carbocycles. The van der Waals surface area contributed by atoms with Crippen LogP contribution in [-0.4, -0.2) is 27.3 Å². The van der Waals surface area contributed by atoms with Crippen LogP contribution in [0.5, 0.6) is 0 Å². The number of aryl methyl sites for hydroxylation is 1. The molecule has 0 saturated carbocycles. The highest BCUT2D eigenvalue weighted by molar-refractivity contribution is 5.86. The Morgan fingerprint density at radius 2 is 1.96 bits per heavy atom. The molecule has 0 saturated heterocycles. The van der Waals surface area contributed by atoms with E-state index in [1.807, 2.05) is 0 Å². The Kier molecular flexibility index (Phi) is 5.82. The summed E-state index contributed by atoms with van der Waals surface area (Å²) >= 11 is 0. The molecule has 0 spiro atoms. The van der Waals surface area contributed by atoms with E-state index in [1.54, 1.807) is 13.0 Å². The maximum atomic E-state index is 13.1. The Balaban J connectivity index is 2.44. The van der Waals surface area contributed by atoms with Gasteiger partial charge in [0.1, 0.15) is 11.6 Å². The summed E-state index contributed by atoms with van der Waals surface area (Å²) in [6.45, 7) is 4.54. The van der Waals surface area contributed by atoms with Gasteiger partial charge in [0.05, 0.1) is 29.3 Å². The van der Waals surface area contributed by atoms with Crippen molar-refractivity contribution in [3.63, 3.8) is 0 Å². The van der Waals surface area contributed by atoms with Gasteiger partial charge in [-0.25, -0.2) is 9.97 Å². The van der Waals surface area contributed by atoms with Crippen LogP contribution in [0.15, 0.2) is 18.2 Å². The molecule has 0 aliphatic carbocycles. The number of aromatic nitrogens is 2. The average Bonchev–Trinajstić information content (AvgIpc) is 2.53. The van der Waals surface area contributed by atoms with Gasteiger partial charge in [0.25, 0.3) is 0 Å². The second-order valence-electron chi connectivity index (χ2n) is 6.05. The van der Waals surface area contributed by atoms with Crippen LogP contribution in [0.1, 0.15) is 51.5 Å². The van der Waals surface area contributed by atoms with Gasteiger partial charge in [-0.1, -0.05) is 12.1 Å². The largest absolute Gasteiger partial charge is 0.481 e. The lowest BCUT2D eigenvalue weighted by molar-refractivity contribution is -0.138. The minimum absolute atomic E-state index is 0.0283. The van der Waals surface area contributed by atoms with Crippen molar-refractivity contribution >= 4 is 18.1 Å². The lowest BCUT2D eigenvalue weighted by Crippen LogP contribution is -2.17. The van der Waals surface area contributed by atoms with Crippen molar-refractivity contribution in [2.24, 2.45) is 0 Å². The fourth-order valence-corrected chi connectivity index (χ4v) is 2.86. The lowest BCUT2D eigenvalue weighted by atomic mass is 9.97. The molecule has 1 aromatic heterocycles. The molecule has 9 heteroatoms. The van der Waals surface area contributed by atoms with Crippen molar-refractivity contribution < 1.29 is 27.9 Å². The molecule has 1 atom stereocenters. The van der Waals surface area contributed by atoms with Crippen LogP contribution in [0.25, 0.3) is 0 Å². The Labute approximate surface area is 153 Å². The molecule has 1 unspecified atom stereocenters. The molecule has 2 rings (SSSR count). The van der Waals surface area contributed by atoms with Crippen LogP contribution in [0.3, 0.4) is 0 Å². The first-order valence-corrected chi connectivity index (χ1v) is 8.02. The first-order valence-electron chi connectivity index (χ1n) is 8.02. The molecule has 0 amide bonds. The lowest BCUT2D eigenvalue weighted by Gasteiger charge is -2.21. The van der Waals surface area contributed by atoms with Gasteiger partial charge in [-0.3, -0.25) is 9.59 Å². The number of aliphatic carboxylic acids is 1. The third kappa shape index (κ3) is 4.60. The Hall–Kier alpha value is -2.97. The van der Waals surface area contributed by atoms with Crippen molar-refractivity contribution in [1.29, 1.82) is 0 Å². The first kappa shape index (κ1) is 20.3. The van der Waals surface area contributed by atoms with Crippen LogP contribution in [-0.2, 0) is 17.4 Å². The smallest absolute Gasteiger partial charge is 0.416 e. The number of carboxylic acids is 1. The minimum Gasteiger partial charge on any atom is -0.481 e. The summed E-state index contributed by atoms with van der Waals surface area (Å²) in [6.07, 6.45) is -4.51. The average molecular weight is 381 g/mol. The van der Waals surface area contributed by atoms with E-state index in [2.05, 4.69) is 15.3 Å². The van der Waals surface area contributed by atoms with E-state index in [4.69, 9.17) is 5.11 Å². The van der Waals surface area contributed by atoms with E-state index in [0.717, 1.165) is 6.07 Å². The van der Waals surface area contributed by atoms with Crippen molar-refractivity contribution in [2.75, 3.05) is 5.32 Å². The third-order valence-corrected chi connectivity index (χ3v) is 4.07. The fourth-order valence-electron chi connectivity index (χ4n) is 2.86. The zero-order valence-corrected chi connectivity index (χ0v) is 14.9. The van der Waals surface area contributed by atoms with E-state index in [1.165, 1.54) is 19.9 Å². The van der Waals surface area contributed by atoms with E-state index in [9.17, 15) is 22.8 Å². The maximum absolute atomic E-state index is 13.1. The molecule has 0 aliphatic heterocycles. The highest BCUT2D eigenvalue weighted by Crippen LogP contribution is 2.35. The topological polar surface area (TPSA) is 92.2 Å². The normalized spacial score (nSPS) is 12.5. The maximum Gasteiger partial charge on any atom is 0.416 e. The number of hydrogen-bond donors (Lipinski definition) is 2. The quantitative estimate of drug-likeness (QED) is 0.741. The number of benzene rings is 1. The number of rotatable bonds is 6. The van der Waals surface area contributed by atoms with Crippen LogP contribution >= 0.6 is 0 Å². The zero-order valence-electron chi connectivity index (χ0n) is 14.9. The Morgan fingerprint density at radius 3 is 2.52 bits per heavy atom. The summed E-state index contributed by atoms with van der Waals surface area (Å²) in [5.74, 6) is -0.839. The van der Waals surface area contributed by atoms with Gasteiger partial charge >= 0.3 is 12.1 Å². The number of carbonyl (C=O) groups is 2. The molecule has 0 radical (unpaired) electrons. The SMILES string of the molecule is Cc1nc(CC(=O)O)c(C=O)c(NC(C)c2cccc(C(F)(F)F)c2C)n1. The number of aldehydes is 1. The fraction of sp³-hybridized carbons (Fsp3) is 0.333. The number of alkyl halides is 3. The number of nitrogens with zero attached hydrogens (tertiary/aromatic N) is 2. The summed E-state index contributed by atoms with van der Waals surface area (Å²) in [4.78, 5) is 30.5. The number of nitrogens with one attached hydrogen (secondary N) is 1. The molecule has 6 nitrogen and oxygen atoms in total. The predicted octanol–water partition coefficient (Wildman–Crippen LogP) is 3.72. The van der Waals surface area contributed by atoms with Crippen LogP contribution < -0.4 is 5.32 Å². The van der Waals surface area contributed by atoms with Crippen molar-refractivity contribution in [1.82, 2.24) is 9.97 Å². The van der Waals surface area contributed by atoms with Gasteiger partial charge in [0.15, 0.2) is 6.29 Å². The van der Waals surface area contributed by atoms with E-state index in [0.29, 0.717) is 11.8 Å². The highest BCUT2D eigenvalue weighted by atomic mass is 19.4. The highest BCUT2D eigenvalue weighted by Gasteiger charge is 2.33. The number of halogens is 3. The molecular weight excluding hydrogens is 363 g/mol. The van der Waals surface area contributed by atoms with Gasteiger partial charge in [-0.05, 0) is 38.0 Å². The monoisotopic (exact) mass is 381 g/mol. The first-order chi connectivity index (χ1) is 12.5. The standard InChI is InChI=1S/C18H18F3N3O3/c1-9-12(5-4-6-14(9)18(19,20)21)10(2)22-17-13(8-25)15(7-16(26)27)23-11(3)24-17/h4-6,8,10H,7H2,1-3H3,(H,26,27)(H,22,23,24). The van der Waals surface area contributed by atoms with Crippen LogP contribution in [0.4, 0.5) is 19.0 Å². The van der Waals surface area contributed by atoms with Crippen molar-refractivity contribution in [3.05, 3.63) is 52.0 Å². The van der Waals surface area contributed by atoms with E-state index in [-0.39, 0.29) is 28.5 Å². The van der Waals surface area contributed by atoms with Crippen molar-refractivity contribution in [2.45, 2.75) is 39.4 Å². The molecule has 2 N–H and O–H groups in total. The Bertz CT molecular complexity index is 882. The van der Waals surface area contributed by atoms with Crippen LogP contribution in [0, 0.1) is 13.8 Å². The number of anilines is 1. The van der Waals surface area contributed by atoms with Gasteiger partial charge in [0.2, 0.25) is 0 Å². The van der Waals surface area contributed by atoms with Gasteiger partial charge < -0.3 is 10.4 Å². The van der Waals surface area contributed by atoms with Gasteiger partial charge in [0, 0.05) is 0 Å². The molecule has 0 aliphatic rings. The molecule has 0 fully saturated rings. The van der Waals surface area contributed by atoms with Gasteiger partial charge in [-0.2, -0.15) is 13.2 Å². The Morgan fingerprint density at radius 1 is 1.30 bits per heavy atom. The molecular formula is C18H18F3N3O3. The number of carboxylic acid groups (broad SMARTS) is 1. The molecule has 0 bridgehead atoms. The summed E-state index contributed by atoms with van der Waals surface area (Å²) in [7, 11) is 0. The molecule has 27 heavy (non-hydrogen) atoms. The van der Waals surface area contributed by atoms with Crippen LogP contribution in [0.2, 0.25) is 0 Å². The predicted molar refractivity (Wildman–Crippen MR) is 91.7 cm³/mol. The second-order valence-corrected chi connectivity index (χ2v) is 6.05. The van der Waals surface area contributed by atoms with Crippen molar-refractivity contribution in [3.8, 4) is 0 Å². The van der Waals surface area contributed by atoms with Gasteiger partial charge in [-0.15, -0.1) is 0 Å². The summed E-state index contributed by atoms with van der Waals surface area (Å²) in [5.41, 5.74) is -0.276. The minimum atomic E-state index is -4.48. The summed E-state index contributed by atoms with van der Waals surface area (Å²) < 4.78 is 39.4. The summed E-state index contributed by atoms with van der Waals surface area (Å²) in [6, 6.07) is 3.25. The van der Waals surface area contributed by atoms with E-state index >= 15 is 0 Å². The molecule has 144 valence electrons. The second kappa shape index (κ2) is 7.73. The number of carbonyl (C=O) groups excluding carboxylic acids is 1. The number of hydrogen-bond acceptors (Lipinski definition) is 5. The third-order valence-electron chi connectivity index (χ3n) is 4.07. The summed E-state index contributed by atoms with van der Waals surface area (Å²) in [5, 5.41) is 11.9. The molecule has 2 aromatic rings. The van der Waals surface area contributed by atoms with E-state index < -0.39 is 30.2 Å². The zero-order chi connectivity index (χ0) is 20.4. The molecule has 1 heterocycles.